The molecule has 94 valence electrons. The maximum atomic E-state index is 13.0. The summed E-state index contributed by atoms with van der Waals surface area (Å²) in [4.78, 5) is 1.06. The maximum absolute atomic E-state index is 13.0. The number of thiophene rings is 1. The first-order valence-electron chi connectivity index (χ1n) is 5.83. The Morgan fingerprint density at radius 3 is 1.74 bits per heavy atom. The van der Waals surface area contributed by atoms with E-state index in [1.54, 1.807) is 35.6 Å². The highest BCUT2D eigenvalue weighted by Crippen LogP contribution is 2.36. The van der Waals surface area contributed by atoms with Crippen LogP contribution in [-0.2, 0) is 0 Å². The third-order valence-electron chi connectivity index (χ3n) is 2.93. The molecule has 0 saturated heterocycles. The maximum Gasteiger partial charge on any atom is 0.123 e. The molecule has 0 spiro atoms. The monoisotopic (exact) mass is 272 g/mol. The summed E-state index contributed by atoms with van der Waals surface area (Å²) in [5.41, 5.74) is 2.97. The van der Waals surface area contributed by atoms with Crippen LogP contribution < -0.4 is 0 Å². The van der Waals surface area contributed by atoms with Gasteiger partial charge < -0.3 is 0 Å². The van der Waals surface area contributed by atoms with Crippen LogP contribution in [0.5, 0.6) is 0 Å². The second-order valence-corrected chi connectivity index (χ2v) is 5.09. The van der Waals surface area contributed by atoms with Crippen molar-refractivity contribution in [3.05, 3.63) is 71.6 Å². The average Bonchev–Trinajstić information content (AvgIpc) is 2.90. The number of halogens is 2. The van der Waals surface area contributed by atoms with E-state index in [9.17, 15) is 8.78 Å². The van der Waals surface area contributed by atoms with E-state index in [1.165, 1.54) is 24.3 Å². The second kappa shape index (κ2) is 4.94. The molecule has 0 saturated carbocycles. The fourth-order valence-corrected chi connectivity index (χ4v) is 2.92. The van der Waals surface area contributed by atoms with E-state index >= 15 is 0 Å². The van der Waals surface area contributed by atoms with Crippen molar-refractivity contribution in [3.8, 4) is 21.6 Å². The van der Waals surface area contributed by atoms with Gasteiger partial charge in [0, 0.05) is 10.4 Å². The lowest BCUT2D eigenvalue weighted by molar-refractivity contribution is 0.627. The zero-order valence-corrected chi connectivity index (χ0v) is 10.8. The molecule has 3 rings (SSSR count). The van der Waals surface area contributed by atoms with Gasteiger partial charge in [-0.3, -0.25) is 0 Å². The van der Waals surface area contributed by atoms with Gasteiger partial charge in [-0.1, -0.05) is 24.3 Å². The van der Waals surface area contributed by atoms with Crippen LogP contribution in [0.1, 0.15) is 0 Å². The van der Waals surface area contributed by atoms with Crippen LogP contribution in [0.2, 0.25) is 0 Å². The Labute approximate surface area is 114 Å². The van der Waals surface area contributed by atoms with Gasteiger partial charge in [-0.15, -0.1) is 11.3 Å². The molecule has 0 amide bonds. The molecule has 3 aromatic rings. The van der Waals surface area contributed by atoms with Crippen molar-refractivity contribution in [1.29, 1.82) is 0 Å². The Morgan fingerprint density at radius 1 is 0.632 bits per heavy atom. The Hall–Kier alpha value is -2.00. The van der Waals surface area contributed by atoms with Crippen LogP contribution in [-0.4, -0.2) is 0 Å². The minimum atomic E-state index is -0.248. The molecule has 2 aromatic carbocycles. The van der Waals surface area contributed by atoms with E-state index in [-0.39, 0.29) is 11.6 Å². The molecular weight excluding hydrogens is 262 g/mol. The molecule has 0 aliphatic rings. The summed E-state index contributed by atoms with van der Waals surface area (Å²) in [6.07, 6.45) is 0. The van der Waals surface area contributed by atoms with Gasteiger partial charge in [0.25, 0.3) is 0 Å². The Morgan fingerprint density at radius 2 is 1.16 bits per heavy atom. The molecule has 0 N–H and O–H groups in total. The van der Waals surface area contributed by atoms with Gasteiger partial charge in [-0.25, -0.2) is 8.78 Å². The highest BCUT2D eigenvalue weighted by Gasteiger charge is 2.09. The summed E-state index contributed by atoms with van der Waals surface area (Å²) in [5, 5.41) is 1.98. The molecule has 0 nitrogen and oxygen atoms in total. The quantitative estimate of drug-likeness (QED) is 0.589. The molecule has 0 bridgehead atoms. The van der Waals surface area contributed by atoms with Gasteiger partial charge in [-0.05, 0) is 46.8 Å². The molecule has 0 radical (unpaired) electrons. The molecule has 19 heavy (non-hydrogen) atoms. The van der Waals surface area contributed by atoms with E-state index < -0.39 is 0 Å². The third-order valence-corrected chi connectivity index (χ3v) is 3.89. The average molecular weight is 272 g/mol. The van der Waals surface area contributed by atoms with Crippen molar-refractivity contribution in [2.75, 3.05) is 0 Å². The van der Waals surface area contributed by atoms with Gasteiger partial charge in [0.2, 0.25) is 0 Å². The highest BCUT2D eigenvalue weighted by atomic mass is 32.1. The molecule has 3 heteroatoms. The first kappa shape index (κ1) is 12.1. The van der Waals surface area contributed by atoms with E-state index in [0.29, 0.717) is 0 Å². The fourth-order valence-electron chi connectivity index (χ4n) is 1.99. The minimum absolute atomic E-state index is 0.247. The third kappa shape index (κ3) is 2.42. The van der Waals surface area contributed by atoms with Gasteiger partial charge >= 0.3 is 0 Å². The zero-order valence-electron chi connectivity index (χ0n) is 9.94. The summed E-state index contributed by atoms with van der Waals surface area (Å²) < 4.78 is 25.9. The zero-order chi connectivity index (χ0) is 13.2. The molecule has 0 aliphatic carbocycles. The molecular formula is C16H10F2S. The van der Waals surface area contributed by atoms with E-state index in [1.807, 2.05) is 11.4 Å². The molecule has 0 unspecified atom stereocenters. The lowest BCUT2D eigenvalue weighted by Crippen LogP contribution is -1.81. The number of rotatable bonds is 2. The highest BCUT2D eigenvalue weighted by molar-refractivity contribution is 7.14. The predicted molar refractivity (Wildman–Crippen MR) is 75.1 cm³/mol. The SMILES string of the molecule is Fc1ccc(-c2ccsc2-c2ccc(F)cc2)cc1. The largest absolute Gasteiger partial charge is 0.207 e. The Kier molecular flexibility index (Phi) is 3.13. The minimum Gasteiger partial charge on any atom is -0.207 e. The van der Waals surface area contributed by atoms with Crippen molar-refractivity contribution in [2.45, 2.75) is 0 Å². The van der Waals surface area contributed by atoms with Crippen molar-refractivity contribution in [1.82, 2.24) is 0 Å². The standard InChI is InChI=1S/C16H10F2S/c17-13-5-1-11(2-6-13)15-9-10-19-16(15)12-3-7-14(18)8-4-12/h1-10H. The lowest BCUT2D eigenvalue weighted by Gasteiger charge is -2.04. The normalized spacial score (nSPS) is 10.6. The molecule has 0 atom stereocenters. The second-order valence-electron chi connectivity index (χ2n) is 4.18. The summed E-state index contributed by atoms with van der Waals surface area (Å²) in [6.45, 7) is 0. The summed E-state index contributed by atoms with van der Waals surface area (Å²) in [7, 11) is 0. The van der Waals surface area contributed by atoms with Gasteiger partial charge in [0.1, 0.15) is 11.6 Å². The summed E-state index contributed by atoms with van der Waals surface area (Å²) >= 11 is 1.59. The molecule has 0 fully saturated rings. The number of benzene rings is 2. The Bertz CT molecular complexity index is 622. The van der Waals surface area contributed by atoms with Crippen molar-refractivity contribution in [3.63, 3.8) is 0 Å². The van der Waals surface area contributed by atoms with Crippen LogP contribution >= 0.6 is 11.3 Å². The van der Waals surface area contributed by atoms with E-state index in [2.05, 4.69) is 0 Å². The lowest BCUT2D eigenvalue weighted by atomic mass is 10.0. The van der Waals surface area contributed by atoms with E-state index in [4.69, 9.17) is 0 Å². The summed E-state index contributed by atoms with van der Waals surface area (Å²) in [6, 6.07) is 14.8. The predicted octanol–water partition coefficient (Wildman–Crippen LogP) is 5.36. The number of hydrogen-bond acceptors (Lipinski definition) is 1. The van der Waals surface area contributed by atoms with Crippen molar-refractivity contribution < 1.29 is 8.78 Å². The number of hydrogen-bond donors (Lipinski definition) is 0. The molecule has 1 heterocycles. The molecule has 1 aromatic heterocycles. The van der Waals surface area contributed by atoms with Gasteiger partial charge in [0.15, 0.2) is 0 Å². The van der Waals surface area contributed by atoms with Crippen LogP contribution in [0, 0.1) is 11.6 Å². The van der Waals surface area contributed by atoms with Crippen molar-refractivity contribution >= 4 is 11.3 Å². The van der Waals surface area contributed by atoms with Crippen molar-refractivity contribution in [2.24, 2.45) is 0 Å². The fraction of sp³-hybridized carbons (Fsp3) is 0. The smallest absolute Gasteiger partial charge is 0.123 e. The first-order valence-corrected chi connectivity index (χ1v) is 6.71. The summed E-state index contributed by atoms with van der Waals surface area (Å²) in [5.74, 6) is -0.494. The van der Waals surface area contributed by atoms with Gasteiger partial charge in [0.05, 0.1) is 0 Å². The van der Waals surface area contributed by atoms with Crippen LogP contribution in [0.4, 0.5) is 8.78 Å². The Balaban J connectivity index is 2.07. The van der Waals surface area contributed by atoms with Crippen LogP contribution in [0.3, 0.4) is 0 Å². The van der Waals surface area contributed by atoms with Gasteiger partial charge in [-0.2, -0.15) is 0 Å². The molecule has 0 aliphatic heterocycles. The first-order chi connectivity index (χ1) is 9.24. The van der Waals surface area contributed by atoms with E-state index in [0.717, 1.165) is 21.6 Å². The van der Waals surface area contributed by atoms with Crippen LogP contribution in [0.25, 0.3) is 21.6 Å². The topological polar surface area (TPSA) is 0 Å². The van der Waals surface area contributed by atoms with Crippen LogP contribution in [0.15, 0.2) is 60.0 Å².